The molecular formula is C7H10F2O2. The molecule has 0 aromatic rings. The van der Waals surface area contributed by atoms with Crippen LogP contribution >= 0.6 is 0 Å². The molecule has 0 spiro atoms. The van der Waals surface area contributed by atoms with Crippen LogP contribution < -0.4 is 0 Å². The lowest BCUT2D eigenvalue weighted by molar-refractivity contribution is -0.134. The van der Waals surface area contributed by atoms with Gasteiger partial charge in [-0.2, -0.15) is 4.39 Å². The SMILES string of the molecule is CCC(C)/C(F)=C(\F)C(=O)O. The van der Waals surface area contributed by atoms with Crippen molar-refractivity contribution in [3.63, 3.8) is 0 Å². The van der Waals surface area contributed by atoms with Crippen molar-refractivity contribution in [3.8, 4) is 0 Å². The predicted molar refractivity (Wildman–Crippen MR) is 36.3 cm³/mol. The van der Waals surface area contributed by atoms with Crippen LogP contribution in [0.5, 0.6) is 0 Å². The second-order valence-electron chi connectivity index (χ2n) is 2.28. The lowest BCUT2D eigenvalue weighted by Crippen LogP contribution is -2.02. The Morgan fingerprint density at radius 2 is 2.00 bits per heavy atom. The Morgan fingerprint density at radius 1 is 1.55 bits per heavy atom. The van der Waals surface area contributed by atoms with Crippen LogP contribution in [-0.4, -0.2) is 11.1 Å². The van der Waals surface area contributed by atoms with Crippen molar-refractivity contribution in [2.75, 3.05) is 0 Å². The summed E-state index contributed by atoms with van der Waals surface area (Å²) in [5.74, 6) is -5.37. The summed E-state index contributed by atoms with van der Waals surface area (Å²) in [4.78, 5) is 9.89. The molecule has 0 aliphatic heterocycles. The highest BCUT2D eigenvalue weighted by atomic mass is 19.2. The van der Waals surface area contributed by atoms with Gasteiger partial charge in [0.2, 0.25) is 5.83 Å². The molecular weight excluding hydrogens is 154 g/mol. The van der Waals surface area contributed by atoms with E-state index in [4.69, 9.17) is 5.11 Å². The van der Waals surface area contributed by atoms with Crippen molar-refractivity contribution < 1.29 is 18.7 Å². The van der Waals surface area contributed by atoms with Gasteiger partial charge in [0.1, 0.15) is 5.83 Å². The van der Waals surface area contributed by atoms with Crippen molar-refractivity contribution in [3.05, 3.63) is 11.7 Å². The van der Waals surface area contributed by atoms with Gasteiger partial charge in [0, 0.05) is 5.92 Å². The summed E-state index contributed by atoms with van der Waals surface area (Å²) in [6.07, 6.45) is 0.381. The summed E-state index contributed by atoms with van der Waals surface area (Å²) in [5, 5.41) is 8.02. The molecule has 0 aliphatic carbocycles. The minimum atomic E-state index is -1.84. The first-order valence-electron chi connectivity index (χ1n) is 3.29. The third-order valence-corrected chi connectivity index (χ3v) is 1.44. The van der Waals surface area contributed by atoms with E-state index in [1.165, 1.54) is 6.92 Å². The molecule has 11 heavy (non-hydrogen) atoms. The highest BCUT2D eigenvalue weighted by Gasteiger charge is 2.17. The minimum Gasteiger partial charge on any atom is -0.476 e. The number of rotatable bonds is 3. The van der Waals surface area contributed by atoms with E-state index in [2.05, 4.69) is 0 Å². The zero-order valence-corrected chi connectivity index (χ0v) is 6.40. The molecule has 0 aromatic carbocycles. The molecule has 2 nitrogen and oxygen atoms in total. The molecule has 0 heterocycles. The smallest absolute Gasteiger partial charge is 0.367 e. The molecule has 0 radical (unpaired) electrons. The molecule has 0 saturated heterocycles. The van der Waals surface area contributed by atoms with E-state index < -0.39 is 23.5 Å². The van der Waals surface area contributed by atoms with Crippen LogP contribution in [0.1, 0.15) is 20.3 Å². The normalized spacial score (nSPS) is 15.6. The van der Waals surface area contributed by atoms with E-state index in [1.807, 2.05) is 0 Å². The van der Waals surface area contributed by atoms with E-state index in [-0.39, 0.29) is 0 Å². The number of hydrogen-bond acceptors (Lipinski definition) is 1. The fourth-order valence-electron chi connectivity index (χ4n) is 0.498. The number of allylic oxidation sites excluding steroid dienone is 1. The third-order valence-electron chi connectivity index (χ3n) is 1.44. The van der Waals surface area contributed by atoms with Gasteiger partial charge < -0.3 is 5.11 Å². The van der Waals surface area contributed by atoms with E-state index in [1.54, 1.807) is 6.92 Å². The molecule has 1 N–H and O–H groups in total. The van der Waals surface area contributed by atoms with E-state index in [9.17, 15) is 13.6 Å². The number of aliphatic carboxylic acids is 1. The first-order chi connectivity index (χ1) is 5.00. The van der Waals surface area contributed by atoms with Gasteiger partial charge in [-0.15, -0.1) is 0 Å². The standard InChI is InChI=1S/C7H10F2O2/c1-3-4(2)5(8)6(9)7(10)11/h4H,3H2,1-2H3,(H,10,11)/b6-5+. The highest BCUT2D eigenvalue weighted by molar-refractivity contribution is 5.84. The van der Waals surface area contributed by atoms with Crippen molar-refractivity contribution in [1.82, 2.24) is 0 Å². The summed E-state index contributed by atoms with van der Waals surface area (Å²) >= 11 is 0. The molecule has 0 aromatic heterocycles. The summed E-state index contributed by atoms with van der Waals surface area (Å²) in [7, 11) is 0. The van der Waals surface area contributed by atoms with Crippen LogP contribution in [0.4, 0.5) is 8.78 Å². The van der Waals surface area contributed by atoms with Gasteiger partial charge in [0.05, 0.1) is 0 Å². The van der Waals surface area contributed by atoms with Crippen LogP contribution in [0, 0.1) is 5.92 Å². The summed E-state index contributed by atoms with van der Waals surface area (Å²) in [6.45, 7) is 3.08. The van der Waals surface area contributed by atoms with Crippen molar-refractivity contribution in [2.24, 2.45) is 5.92 Å². The van der Waals surface area contributed by atoms with Gasteiger partial charge in [-0.1, -0.05) is 13.8 Å². The molecule has 1 atom stereocenters. The van der Waals surface area contributed by atoms with E-state index in [0.29, 0.717) is 6.42 Å². The fourth-order valence-corrected chi connectivity index (χ4v) is 0.498. The topological polar surface area (TPSA) is 37.3 Å². The molecule has 4 heteroatoms. The Morgan fingerprint density at radius 3 is 2.27 bits per heavy atom. The van der Waals surface area contributed by atoms with Crippen molar-refractivity contribution in [1.29, 1.82) is 0 Å². The van der Waals surface area contributed by atoms with Gasteiger partial charge in [-0.25, -0.2) is 9.18 Å². The zero-order chi connectivity index (χ0) is 9.02. The zero-order valence-electron chi connectivity index (χ0n) is 6.40. The van der Waals surface area contributed by atoms with Crippen LogP contribution in [-0.2, 0) is 4.79 Å². The molecule has 0 amide bonds. The maximum atomic E-state index is 12.6. The average Bonchev–Trinajstić information content (AvgIpc) is 2.00. The number of carboxylic acids is 1. The van der Waals surface area contributed by atoms with Gasteiger partial charge in [-0.05, 0) is 6.42 Å². The lowest BCUT2D eigenvalue weighted by Gasteiger charge is -2.03. The van der Waals surface area contributed by atoms with Crippen molar-refractivity contribution >= 4 is 5.97 Å². The quantitative estimate of drug-likeness (QED) is 0.649. The van der Waals surface area contributed by atoms with Gasteiger partial charge in [0.25, 0.3) is 0 Å². The molecule has 1 unspecified atom stereocenters. The Balaban J connectivity index is 4.51. The van der Waals surface area contributed by atoms with Crippen LogP contribution in [0.3, 0.4) is 0 Å². The number of carboxylic acid groups (broad SMARTS) is 1. The minimum absolute atomic E-state index is 0.381. The van der Waals surface area contributed by atoms with Gasteiger partial charge in [-0.3, -0.25) is 0 Å². The first-order valence-corrected chi connectivity index (χ1v) is 3.29. The van der Waals surface area contributed by atoms with Gasteiger partial charge in [0.15, 0.2) is 0 Å². The predicted octanol–water partition coefficient (Wildman–Crippen LogP) is 2.27. The highest BCUT2D eigenvalue weighted by Crippen LogP contribution is 2.20. The second kappa shape index (κ2) is 4.05. The van der Waals surface area contributed by atoms with Crippen molar-refractivity contribution in [2.45, 2.75) is 20.3 Å². The van der Waals surface area contributed by atoms with E-state index >= 15 is 0 Å². The lowest BCUT2D eigenvalue weighted by atomic mass is 10.1. The second-order valence-corrected chi connectivity index (χ2v) is 2.28. The Labute approximate surface area is 63.5 Å². The summed E-state index contributed by atoms with van der Waals surface area (Å²) < 4.78 is 24.8. The number of halogens is 2. The molecule has 0 bridgehead atoms. The third kappa shape index (κ3) is 2.65. The molecule has 0 rings (SSSR count). The largest absolute Gasteiger partial charge is 0.476 e. The molecule has 0 aliphatic rings. The average molecular weight is 164 g/mol. The molecule has 0 saturated carbocycles. The maximum absolute atomic E-state index is 12.6. The number of carbonyl (C=O) groups is 1. The van der Waals surface area contributed by atoms with Crippen LogP contribution in [0.25, 0.3) is 0 Å². The number of hydrogen-bond donors (Lipinski definition) is 1. The fraction of sp³-hybridized carbons (Fsp3) is 0.571. The maximum Gasteiger partial charge on any atom is 0.367 e. The van der Waals surface area contributed by atoms with E-state index in [0.717, 1.165) is 0 Å². The van der Waals surface area contributed by atoms with Crippen LogP contribution in [0.15, 0.2) is 11.7 Å². The summed E-state index contributed by atoms with van der Waals surface area (Å²) in [5.41, 5.74) is 0. The van der Waals surface area contributed by atoms with Crippen LogP contribution in [0.2, 0.25) is 0 Å². The Kier molecular flexibility index (Phi) is 3.71. The molecule has 0 fully saturated rings. The monoisotopic (exact) mass is 164 g/mol. The Hall–Kier alpha value is -0.930. The molecule has 64 valence electrons. The van der Waals surface area contributed by atoms with Gasteiger partial charge >= 0.3 is 5.97 Å². The Bertz CT molecular complexity index is 187. The summed E-state index contributed by atoms with van der Waals surface area (Å²) in [6, 6.07) is 0. The first kappa shape index (κ1) is 10.1.